The van der Waals surface area contributed by atoms with Crippen LogP contribution in [0.5, 0.6) is 0 Å². The van der Waals surface area contributed by atoms with Gasteiger partial charge in [0.15, 0.2) is 17.1 Å². The summed E-state index contributed by atoms with van der Waals surface area (Å²) < 4.78 is 11.2. The number of carbonyl (C=O) groups excluding carboxylic acids is 2. The van der Waals surface area contributed by atoms with E-state index in [-0.39, 0.29) is 44.1 Å². The molecule has 5 nitrogen and oxygen atoms in total. The standard InChI is InChI=1S/C23H9Cl2NO4/c24-17-10-14-15(11-18(17)25)22(28)16(21(14)27)8-13-9-19-23(29-13)26-20(30-19)7-6-12-4-2-1-3-5-12/h1-5,8-11H. The van der Waals surface area contributed by atoms with Gasteiger partial charge in [-0.3, -0.25) is 9.59 Å². The van der Waals surface area contributed by atoms with Gasteiger partial charge in [0.1, 0.15) is 5.76 Å². The molecule has 2 aromatic carbocycles. The van der Waals surface area contributed by atoms with Crippen molar-refractivity contribution in [1.82, 2.24) is 4.98 Å². The number of hydrogen-bond donors (Lipinski definition) is 0. The second-order valence-corrected chi connectivity index (χ2v) is 7.30. The quantitative estimate of drug-likeness (QED) is 0.222. The number of benzene rings is 2. The summed E-state index contributed by atoms with van der Waals surface area (Å²) in [6, 6.07) is 13.8. The predicted octanol–water partition coefficient (Wildman–Crippen LogP) is 5.59. The molecule has 144 valence electrons. The molecule has 0 saturated carbocycles. The van der Waals surface area contributed by atoms with Crippen LogP contribution in [0.4, 0.5) is 0 Å². The summed E-state index contributed by atoms with van der Waals surface area (Å²) in [6.07, 6.45) is 1.36. The van der Waals surface area contributed by atoms with Crippen molar-refractivity contribution in [3.8, 4) is 11.8 Å². The molecule has 0 atom stereocenters. The first kappa shape index (κ1) is 18.4. The average molecular weight is 434 g/mol. The Morgan fingerprint density at radius 2 is 1.53 bits per heavy atom. The van der Waals surface area contributed by atoms with Crippen molar-refractivity contribution in [1.29, 1.82) is 0 Å². The van der Waals surface area contributed by atoms with Gasteiger partial charge >= 0.3 is 0 Å². The largest absolute Gasteiger partial charge is 0.436 e. The molecule has 2 aromatic heterocycles. The van der Waals surface area contributed by atoms with Crippen molar-refractivity contribution in [2.75, 3.05) is 0 Å². The zero-order valence-corrected chi connectivity index (χ0v) is 16.5. The zero-order valence-electron chi connectivity index (χ0n) is 15.0. The van der Waals surface area contributed by atoms with Gasteiger partial charge in [-0.05, 0) is 36.3 Å². The van der Waals surface area contributed by atoms with Crippen molar-refractivity contribution >= 4 is 52.1 Å². The van der Waals surface area contributed by atoms with Crippen molar-refractivity contribution in [3.63, 3.8) is 0 Å². The molecule has 0 N–H and O–H groups in total. The number of aromatic nitrogens is 1. The maximum Gasteiger partial charge on any atom is 0.277 e. The second kappa shape index (κ2) is 7.03. The van der Waals surface area contributed by atoms with Gasteiger partial charge in [0.2, 0.25) is 0 Å². The maximum absolute atomic E-state index is 12.6. The van der Waals surface area contributed by atoms with Gasteiger partial charge in [0.25, 0.3) is 11.6 Å². The normalized spacial score (nSPS) is 12.8. The first-order valence-corrected chi connectivity index (χ1v) is 9.53. The number of allylic oxidation sites excluding steroid dienone is 1. The van der Waals surface area contributed by atoms with Crippen LogP contribution in [0.3, 0.4) is 0 Å². The van der Waals surface area contributed by atoms with E-state index in [2.05, 4.69) is 16.8 Å². The molecule has 7 heteroatoms. The summed E-state index contributed by atoms with van der Waals surface area (Å²) in [4.78, 5) is 29.4. The fourth-order valence-electron chi connectivity index (χ4n) is 3.11. The van der Waals surface area contributed by atoms with E-state index < -0.39 is 11.6 Å². The van der Waals surface area contributed by atoms with Crippen LogP contribution in [-0.2, 0) is 0 Å². The van der Waals surface area contributed by atoms with Crippen LogP contribution in [0.1, 0.15) is 37.9 Å². The lowest BCUT2D eigenvalue weighted by atomic mass is 10.1. The van der Waals surface area contributed by atoms with Gasteiger partial charge in [-0.25, -0.2) is 0 Å². The van der Waals surface area contributed by atoms with E-state index in [1.807, 2.05) is 30.3 Å². The molecule has 0 radical (unpaired) electrons. The summed E-state index contributed by atoms with van der Waals surface area (Å²) in [5.74, 6) is 5.36. The Bertz CT molecular complexity index is 1370. The molecule has 1 aliphatic rings. The van der Waals surface area contributed by atoms with Gasteiger partial charge < -0.3 is 8.83 Å². The van der Waals surface area contributed by atoms with Crippen molar-refractivity contribution < 1.29 is 18.4 Å². The zero-order chi connectivity index (χ0) is 20.8. The van der Waals surface area contributed by atoms with Gasteiger partial charge in [-0.15, -0.1) is 0 Å². The second-order valence-electron chi connectivity index (χ2n) is 6.48. The summed E-state index contributed by atoms with van der Waals surface area (Å²) in [5, 5.41) is 0.420. The van der Waals surface area contributed by atoms with E-state index in [9.17, 15) is 9.59 Å². The number of rotatable bonds is 1. The Morgan fingerprint density at radius 1 is 0.867 bits per heavy atom. The molecule has 0 amide bonds. The van der Waals surface area contributed by atoms with E-state index in [1.165, 1.54) is 18.2 Å². The molecule has 0 bridgehead atoms. The Balaban J connectivity index is 1.46. The van der Waals surface area contributed by atoms with Gasteiger partial charge in [-0.1, -0.05) is 47.3 Å². The molecule has 5 rings (SSSR count). The molecular formula is C23H9Cl2NO4. The Kier molecular flexibility index (Phi) is 4.32. The van der Waals surface area contributed by atoms with E-state index in [0.717, 1.165) is 5.56 Å². The fourth-order valence-corrected chi connectivity index (χ4v) is 3.44. The number of Topliss-reactive ketones (excluding diaryl/α,β-unsaturated/α-hetero) is 2. The number of furan rings is 1. The van der Waals surface area contributed by atoms with Crippen LogP contribution in [0.25, 0.3) is 17.4 Å². The number of oxazole rings is 1. The van der Waals surface area contributed by atoms with Crippen LogP contribution in [0.15, 0.2) is 62.9 Å². The number of ketones is 2. The molecule has 0 spiro atoms. The minimum atomic E-state index is -0.441. The van der Waals surface area contributed by atoms with Crippen LogP contribution in [0.2, 0.25) is 10.0 Å². The molecule has 4 aromatic rings. The number of nitrogens with zero attached hydrogens (tertiary/aromatic N) is 1. The summed E-state index contributed by atoms with van der Waals surface area (Å²) >= 11 is 11.9. The van der Waals surface area contributed by atoms with E-state index in [1.54, 1.807) is 6.07 Å². The van der Waals surface area contributed by atoms with E-state index in [4.69, 9.17) is 32.0 Å². The third-order valence-corrected chi connectivity index (χ3v) is 5.24. The average Bonchev–Trinajstić information content (AvgIpc) is 3.35. The number of carbonyl (C=O) groups is 2. The maximum atomic E-state index is 12.6. The summed E-state index contributed by atoms with van der Waals surface area (Å²) in [6.45, 7) is 0. The number of halogens is 2. The SMILES string of the molecule is O=C1C(=Cc2cc3oc(C#Cc4ccccc4)nc3o2)C(=O)c2cc(Cl)c(Cl)cc21. The van der Waals surface area contributed by atoms with Crippen LogP contribution in [-0.4, -0.2) is 16.6 Å². The number of hydrogen-bond acceptors (Lipinski definition) is 5. The lowest BCUT2D eigenvalue weighted by molar-refractivity contribution is 0.0990. The Morgan fingerprint density at radius 3 is 2.17 bits per heavy atom. The summed E-state index contributed by atoms with van der Waals surface area (Å²) in [7, 11) is 0. The first-order valence-electron chi connectivity index (χ1n) is 8.77. The lowest BCUT2D eigenvalue weighted by Gasteiger charge is -1.98. The molecule has 0 saturated heterocycles. The Hall–Kier alpha value is -3.59. The molecular weight excluding hydrogens is 425 g/mol. The molecule has 0 fully saturated rings. The smallest absolute Gasteiger partial charge is 0.277 e. The highest BCUT2D eigenvalue weighted by molar-refractivity contribution is 6.46. The van der Waals surface area contributed by atoms with Crippen LogP contribution < -0.4 is 0 Å². The first-order chi connectivity index (χ1) is 14.5. The molecule has 0 unspecified atom stereocenters. The molecule has 0 aliphatic heterocycles. The topological polar surface area (TPSA) is 73.3 Å². The third kappa shape index (κ3) is 3.13. The minimum absolute atomic E-state index is 0.0381. The fraction of sp³-hybridized carbons (Fsp3) is 0. The van der Waals surface area contributed by atoms with Crippen molar-refractivity contribution in [2.24, 2.45) is 0 Å². The predicted molar refractivity (Wildman–Crippen MR) is 112 cm³/mol. The van der Waals surface area contributed by atoms with E-state index in [0.29, 0.717) is 5.58 Å². The van der Waals surface area contributed by atoms with Gasteiger partial charge in [0.05, 0.1) is 15.6 Å². The third-order valence-electron chi connectivity index (χ3n) is 4.52. The highest BCUT2D eigenvalue weighted by Gasteiger charge is 2.34. The van der Waals surface area contributed by atoms with Crippen molar-refractivity contribution in [3.05, 3.63) is 92.5 Å². The minimum Gasteiger partial charge on any atom is -0.436 e. The number of fused-ring (bicyclic) bond motifs is 2. The highest BCUT2D eigenvalue weighted by Crippen LogP contribution is 2.34. The van der Waals surface area contributed by atoms with Crippen LogP contribution in [0, 0.1) is 11.8 Å². The highest BCUT2D eigenvalue weighted by atomic mass is 35.5. The molecule has 2 heterocycles. The summed E-state index contributed by atoms with van der Waals surface area (Å²) in [5.41, 5.74) is 1.81. The monoisotopic (exact) mass is 433 g/mol. The van der Waals surface area contributed by atoms with Gasteiger partial charge in [-0.2, -0.15) is 4.98 Å². The lowest BCUT2D eigenvalue weighted by Crippen LogP contribution is -1.99. The van der Waals surface area contributed by atoms with E-state index >= 15 is 0 Å². The van der Waals surface area contributed by atoms with Crippen molar-refractivity contribution in [2.45, 2.75) is 0 Å². The van der Waals surface area contributed by atoms with Crippen LogP contribution >= 0.6 is 23.2 Å². The molecule has 30 heavy (non-hydrogen) atoms. The Labute approximate surface area is 179 Å². The van der Waals surface area contributed by atoms with Gasteiger partial charge in [0, 0.05) is 22.8 Å². The molecule has 1 aliphatic carbocycles.